The molecular formula is C13H13NOS3. The molecule has 2 heterocycles. The third-order valence-electron chi connectivity index (χ3n) is 2.82. The van der Waals surface area contributed by atoms with Crippen molar-refractivity contribution in [2.24, 2.45) is 5.16 Å². The number of hydrogen-bond acceptors (Lipinski definition) is 4. The van der Waals surface area contributed by atoms with Crippen LogP contribution in [0.5, 0.6) is 0 Å². The van der Waals surface area contributed by atoms with Gasteiger partial charge in [0.15, 0.2) is 0 Å². The van der Waals surface area contributed by atoms with E-state index in [1.807, 2.05) is 29.5 Å². The van der Waals surface area contributed by atoms with Crippen molar-refractivity contribution < 1.29 is 4.28 Å². The Hall–Kier alpha value is -0.650. The molecule has 18 heavy (non-hydrogen) atoms. The Bertz CT molecular complexity index is 575. The molecule has 0 saturated heterocycles. The van der Waals surface area contributed by atoms with Gasteiger partial charge in [-0.25, -0.2) is 0 Å². The molecule has 0 amide bonds. The van der Waals surface area contributed by atoms with E-state index in [0.717, 1.165) is 12.1 Å². The second-order valence-electron chi connectivity index (χ2n) is 4.03. The molecule has 0 saturated carbocycles. The summed E-state index contributed by atoms with van der Waals surface area (Å²) in [6.45, 7) is 2.04. The minimum absolute atomic E-state index is 0.197. The number of thioether (sulfide) groups is 1. The van der Waals surface area contributed by atoms with Crippen LogP contribution in [0.1, 0.15) is 12.5 Å². The number of oxime groups is 1. The number of benzene rings is 1. The van der Waals surface area contributed by atoms with Crippen LogP contribution in [0.2, 0.25) is 0 Å². The maximum atomic E-state index is 5.48. The van der Waals surface area contributed by atoms with Crippen LogP contribution >= 0.6 is 32.4 Å². The van der Waals surface area contributed by atoms with Gasteiger partial charge in [-0.2, -0.15) is 0 Å². The third kappa shape index (κ3) is 2.15. The zero-order chi connectivity index (χ0) is 12.5. The topological polar surface area (TPSA) is 21.6 Å². The average Bonchev–Trinajstić information content (AvgIpc) is 2.92. The predicted octanol–water partition coefficient (Wildman–Crippen LogP) is 4.23. The maximum absolute atomic E-state index is 5.48. The first-order valence-electron chi connectivity index (χ1n) is 5.63. The monoisotopic (exact) mass is 295 g/mol. The summed E-state index contributed by atoms with van der Waals surface area (Å²) in [5.74, 6) is 0. The number of allylic oxidation sites excluding steroid dienone is 1. The fourth-order valence-corrected chi connectivity index (χ4v) is 7.22. The molecule has 1 aromatic rings. The Labute approximate surface area is 117 Å². The van der Waals surface area contributed by atoms with Crippen LogP contribution in [0.15, 0.2) is 45.3 Å². The SMILES string of the molecule is CSC1=C(Cc2ccccc2)C2=S(ON=C2C)S1. The first-order valence-corrected chi connectivity index (χ1v) is 9.34. The van der Waals surface area contributed by atoms with E-state index in [1.54, 1.807) is 0 Å². The second kappa shape index (κ2) is 5.15. The van der Waals surface area contributed by atoms with Crippen molar-refractivity contribution in [3.05, 3.63) is 45.7 Å². The number of nitrogens with zero attached hydrogens (tertiary/aromatic N) is 1. The quantitative estimate of drug-likeness (QED) is 0.615. The van der Waals surface area contributed by atoms with Gasteiger partial charge < -0.3 is 4.28 Å². The van der Waals surface area contributed by atoms with Crippen LogP contribution in [-0.2, 0) is 10.7 Å². The predicted molar refractivity (Wildman–Crippen MR) is 85.1 cm³/mol. The normalized spacial score (nSPS) is 22.0. The average molecular weight is 295 g/mol. The summed E-state index contributed by atoms with van der Waals surface area (Å²) in [5.41, 5.74) is 3.79. The Morgan fingerprint density at radius 3 is 2.83 bits per heavy atom. The Balaban J connectivity index is 1.95. The first-order chi connectivity index (χ1) is 8.79. The molecule has 0 N–H and O–H groups in total. The molecule has 0 spiro atoms. The van der Waals surface area contributed by atoms with Crippen LogP contribution in [0.25, 0.3) is 0 Å². The molecule has 1 unspecified atom stereocenters. The van der Waals surface area contributed by atoms with Gasteiger partial charge in [0.05, 0.1) is 24.6 Å². The van der Waals surface area contributed by atoms with E-state index in [0.29, 0.717) is 0 Å². The molecule has 2 aliphatic heterocycles. The Morgan fingerprint density at radius 2 is 2.11 bits per heavy atom. The summed E-state index contributed by atoms with van der Waals surface area (Å²) < 4.78 is 6.86. The van der Waals surface area contributed by atoms with E-state index >= 15 is 0 Å². The molecule has 1 aromatic carbocycles. The highest BCUT2D eigenvalue weighted by Crippen LogP contribution is 2.54. The molecule has 2 aliphatic rings. The number of rotatable bonds is 3. The summed E-state index contributed by atoms with van der Waals surface area (Å²) >= 11 is 1.81. The van der Waals surface area contributed by atoms with Crippen LogP contribution in [0.4, 0.5) is 0 Å². The molecule has 0 aliphatic carbocycles. The largest absolute Gasteiger partial charge is 0.319 e. The zero-order valence-corrected chi connectivity index (χ0v) is 12.6. The third-order valence-corrected chi connectivity index (χ3v) is 7.77. The highest BCUT2D eigenvalue weighted by Gasteiger charge is 2.31. The summed E-state index contributed by atoms with van der Waals surface area (Å²) in [6.07, 6.45) is 3.10. The van der Waals surface area contributed by atoms with Crippen molar-refractivity contribution in [3.63, 3.8) is 0 Å². The van der Waals surface area contributed by atoms with E-state index in [2.05, 4.69) is 41.7 Å². The lowest BCUT2D eigenvalue weighted by Crippen LogP contribution is -2.11. The molecule has 5 heteroatoms. The van der Waals surface area contributed by atoms with Crippen molar-refractivity contribution in [3.8, 4) is 0 Å². The van der Waals surface area contributed by atoms with E-state index in [9.17, 15) is 0 Å². The van der Waals surface area contributed by atoms with Gasteiger partial charge >= 0.3 is 0 Å². The van der Waals surface area contributed by atoms with Gasteiger partial charge in [0.1, 0.15) is 0 Å². The lowest BCUT2D eigenvalue weighted by atomic mass is 10.0. The molecule has 94 valence electrons. The maximum Gasteiger partial charge on any atom is 0.0991 e. The molecule has 2 nitrogen and oxygen atoms in total. The van der Waals surface area contributed by atoms with Crippen LogP contribution in [0, 0.1) is 0 Å². The van der Waals surface area contributed by atoms with E-state index in [-0.39, 0.29) is 9.80 Å². The zero-order valence-electron chi connectivity index (χ0n) is 10.2. The van der Waals surface area contributed by atoms with Crippen molar-refractivity contribution in [2.75, 3.05) is 6.26 Å². The molecule has 0 bridgehead atoms. The molecule has 0 aromatic heterocycles. The van der Waals surface area contributed by atoms with Gasteiger partial charge in [0.25, 0.3) is 0 Å². The molecular weight excluding hydrogens is 282 g/mol. The van der Waals surface area contributed by atoms with Crippen LogP contribution in [-0.4, -0.2) is 16.8 Å². The lowest BCUT2D eigenvalue weighted by Gasteiger charge is -2.07. The van der Waals surface area contributed by atoms with Gasteiger partial charge in [-0.3, -0.25) is 0 Å². The fraction of sp³-hybridized carbons (Fsp3) is 0.231. The van der Waals surface area contributed by atoms with Crippen molar-refractivity contribution in [2.45, 2.75) is 13.3 Å². The standard InChI is InChI=1S/C13H13NOS3/c1-9-12-11(8-10-6-4-3-5-7-10)13(16-2)17-18(12)15-14-9/h3-7H,8H2,1-2H3. The van der Waals surface area contributed by atoms with Crippen molar-refractivity contribution >= 4 is 42.9 Å². The fourth-order valence-electron chi connectivity index (χ4n) is 1.99. The minimum atomic E-state index is -0.197. The van der Waals surface area contributed by atoms with Gasteiger partial charge in [-0.05, 0) is 35.1 Å². The van der Waals surface area contributed by atoms with E-state index in [1.165, 1.54) is 20.2 Å². The molecule has 3 rings (SSSR count). The summed E-state index contributed by atoms with van der Waals surface area (Å²) in [4.78, 5) is 1.31. The van der Waals surface area contributed by atoms with Gasteiger partial charge in [0, 0.05) is 6.42 Å². The van der Waals surface area contributed by atoms with Gasteiger partial charge in [-0.1, -0.05) is 35.5 Å². The van der Waals surface area contributed by atoms with Gasteiger partial charge in [-0.15, -0.1) is 11.8 Å². The smallest absolute Gasteiger partial charge is 0.0991 e. The highest BCUT2D eigenvalue weighted by molar-refractivity contribution is 8.86. The van der Waals surface area contributed by atoms with Crippen molar-refractivity contribution in [1.29, 1.82) is 0 Å². The Morgan fingerprint density at radius 1 is 1.33 bits per heavy atom. The second-order valence-corrected chi connectivity index (χ2v) is 8.12. The molecule has 0 fully saturated rings. The van der Waals surface area contributed by atoms with E-state index in [4.69, 9.17) is 4.28 Å². The summed E-state index contributed by atoms with van der Waals surface area (Å²) in [6, 6.07) is 10.6. The van der Waals surface area contributed by atoms with Gasteiger partial charge in [0.2, 0.25) is 0 Å². The lowest BCUT2D eigenvalue weighted by molar-refractivity contribution is 0.414. The Kier molecular flexibility index (Phi) is 3.54. The molecule has 0 radical (unpaired) electrons. The number of hydrogen-bond donors (Lipinski definition) is 0. The first kappa shape index (κ1) is 12.4. The van der Waals surface area contributed by atoms with Crippen molar-refractivity contribution in [1.82, 2.24) is 0 Å². The molecule has 1 atom stereocenters. The summed E-state index contributed by atoms with van der Waals surface area (Å²) in [5, 5.41) is 4.11. The van der Waals surface area contributed by atoms with Crippen LogP contribution in [0.3, 0.4) is 0 Å². The minimum Gasteiger partial charge on any atom is -0.319 e. The summed E-state index contributed by atoms with van der Waals surface area (Å²) in [7, 11) is 1.61. The highest BCUT2D eigenvalue weighted by atomic mass is 33.1. The van der Waals surface area contributed by atoms with Crippen LogP contribution < -0.4 is 0 Å². The van der Waals surface area contributed by atoms with E-state index < -0.39 is 0 Å².